The van der Waals surface area contributed by atoms with Gasteiger partial charge >= 0.3 is 5.69 Å². The van der Waals surface area contributed by atoms with E-state index in [2.05, 4.69) is 10.4 Å². The second-order valence-electron chi connectivity index (χ2n) is 7.19. The van der Waals surface area contributed by atoms with Gasteiger partial charge in [-0.1, -0.05) is 19.1 Å². The van der Waals surface area contributed by atoms with Crippen molar-refractivity contribution in [1.82, 2.24) is 9.78 Å². The van der Waals surface area contributed by atoms with Gasteiger partial charge in [-0.05, 0) is 37.5 Å². The van der Waals surface area contributed by atoms with Crippen molar-refractivity contribution in [2.45, 2.75) is 33.2 Å². The highest BCUT2D eigenvalue weighted by Gasteiger charge is 2.23. The van der Waals surface area contributed by atoms with Gasteiger partial charge in [-0.3, -0.25) is 29.7 Å². The van der Waals surface area contributed by atoms with Crippen molar-refractivity contribution in [3.8, 4) is 11.5 Å². The van der Waals surface area contributed by atoms with Gasteiger partial charge in [0, 0.05) is 12.1 Å². The predicted molar refractivity (Wildman–Crippen MR) is 116 cm³/mol. The monoisotopic (exact) mass is 439 g/mol. The third kappa shape index (κ3) is 5.06. The fourth-order valence-electron chi connectivity index (χ4n) is 3.07. The number of rotatable bonds is 8. The largest absolute Gasteiger partial charge is 0.457 e. The first-order valence-electron chi connectivity index (χ1n) is 9.72. The summed E-state index contributed by atoms with van der Waals surface area (Å²) < 4.78 is 7.05. The molecule has 1 N–H and O–H groups in total. The van der Waals surface area contributed by atoms with Crippen molar-refractivity contribution >= 4 is 23.0 Å². The molecule has 0 radical (unpaired) electrons. The minimum absolute atomic E-state index is 0.157. The molecule has 2 aromatic carbocycles. The number of aryl methyl sites for hydroxylation is 2. The van der Waals surface area contributed by atoms with Gasteiger partial charge in [0.1, 0.15) is 29.9 Å². The third-order valence-electron chi connectivity index (χ3n) is 4.75. The van der Waals surface area contributed by atoms with Crippen molar-refractivity contribution in [3.05, 3.63) is 80.1 Å². The standard InChI is InChI=1S/C21H21N5O6/c1-4-19(24-12-17(11-22-24)26(30)31)21(27)23-15-8-16(25(28)29)10-18(9-15)32-20-7-13(2)5-6-14(20)3/h5-12,19H,4H2,1-3H3,(H,23,27). The van der Waals surface area contributed by atoms with Crippen molar-refractivity contribution in [1.29, 1.82) is 0 Å². The van der Waals surface area contributed by atoms with Gasteiger partial charge in [-0.25, -0.2) is 0 Å². The summed E-state index contributed by atoms with van der Waals surface area (Å²) in [5.74, 6) is 0.202. The van der Waals surface area contributed by atoms with Gasteiger partial charge in [0.05, 0.1) is 21.6 Å². The molecular formula is C21H21N5O6. The van der Waals surface area contributed by atoms with Crippen molar-refractivity contribution in [2.24, 2.45) is 0 Å². The van der Waals surface area contributed by atoms with Crippen LogP contribution in [0.3, 0.4) is 0 Å². The van der Waals surface area contributed by atoms with Crippen LogP contribution in [-0.4, -0.2) is 25.5 Å². The molecule has 11 heteroatoms. The first-order chi connectivity index (χ1) is 15.2. The Morgan fingerprint density at radius 3 is 2.47 bits per heavy atom. The molecule has 0 aliphatic rings. The number of amides is 1. The summed E-state index contributed by atoms with van der Waals surface area (Å²) >= 11 is 0. The highest BCUT2D eigenvalue weighted by Crippen LogP contribution is 2.32. The number of carbonyl (C=O) groups excluding carboxylic acids is 1. The zero-order chi connectivity index (χ0) is 23.4. The number of hydrogen-bond acceptors (Lipinski definition) is 7. The quantitative estimate of drug-likeness (QED) is 0.396. The molecule has 1 amide bonds. The van der Waals surface area contributed by atoms with Crippen molar-refractivity contribution < 1.29 is 19.4 Å². The highest BCUT2D eigenvalue weighted by atomic mass is 16.6. The van der Waals surface area contributed by atoms with Crippen molar-refractivity contribution in [2.75, 3.05) is 5.32 Å². The molecule has 0 aliphatic heterocycles. The molecule has 0 aliphatic carbocycles. The fourth-order valence-corrected chi connectivity index (χ4v) is 3.07. The van der Waals surface area contributed by atoms with Crippen molar-refractivity contribution in [3.63, 3.8) is 0 Å². The lowest BCUT2D eigenvalue weighted by atomic mass is 10.1. The van der Waals surface area contributed by atoms with Crippen LogP contribution in [0.4, 0.5) is 17.1 Å². The topological polar surface area (TPSA) is 142 Å². The lowest BCUT2D eigenvalue weighted by Gasteiger charge is -2.16. The summed E-state index contributed by atoms with van der Waals surface area (Å²) in [6.07, 6.45) is 2.51. The normalized spacial score (nSPS) is 11.6. The van der Waals surface area contributed by atoms with Gasteiger partial charge in [-0.15, -0.1) is 0 Å². The first kappa shape index (κ1) is 22.4. The number of nitro benzene ring substituents is 1. The Hall–Kier alpha value is -4.28. The summed E-state index contributed by atoms with van der Waals surface area (Å²) in [7, 11) is 0. The lowest BCUT2D eigenvalue weighted by Crippen LogP contribution is -2.26. The van der Waals surface area contributed by atoms with Crippen LogP contribution in [0.1, 0.15) is 30.5 Å². The first-order valence-corrected chi connectivity index (χ1v) is 9.72. The predicted octanol–water partition coefficient (Wildman–Crippen LogP) is 4.70. The molecule has 1 aromatic heterocycles. The van der Waals surface area contributed by atoms with Crippen LogP contribution in [0.5, 0.6) is 11.5 Å². The SMILES string of the molecule is CCC(C(=O)Nc1cc(Oc2cc(C)ccc2C)cc([N+](=O)[O-])c1)n1cc([N+](=O)[O-])cn1. The van der Waals surface area contributed by atoms with Crippen LogP contribution in [0.25, 0.3) is 0 Å². The Balaban J connectivity index is 1.88. The molecule has 0 saturated heterocycles. The zero-order valence-corrected chi connectivity index (χ0v) is 17.6. The number of benzene rings is 2. The Labute approximate surface area is 182 Å². The highest BCUT2D eigenvalue weighted by molar-refractivity contribution is 5.94. The maximum Gasteiger partial charge on any atom is 0.307 e. The van der Waals surface area contributed by atoms with E-state index in [0.717, 1.165) is 23.5 Å². The minimum Gasteiger partial charge on any atom is -0.457 e. The van der Waals surface area contributed by atoms with Crippen LogP contribution in [0.2, 0.25) is 0 Å². The number of anilines is 1. The van der Waals surface area contributed by atoms with E-state index in [0.29, 0.717) is 12.2 Å². The van der Waals surface area contributed by atoms with Gasteiger partial charge < -0.3 is 10.1 Å². The smallest absolute Gasteiger partial charge is 0.307 e. The van der Waals surface area contributed by atoms with Crippen LogP contribution in [0, 0.1) is 34.1 Å². The maximum atomic E-state index is 12.8. The van der Waals surface area contributed by atoms with Gasteiger partial charge in [-0.2, -0.15) is 5.10 Å². The molecule has 0 saturated carbocycles. The second kappa shape index (κ2) is 9.25. The van der Waals surface area contributed by atoms with E-state index in [1.807, 2.05) is 32.0 Å². The zero-order valence-electron chi connectivity index (χ0n) is 17.6. The van der Waals surface area contributed by atoms with Crippen LogP contribution in [-0.2, 0) is 4.79 Å². The molecule has 0 fully saturated rings. The maximum absolute atomic E-state index is 12.8. The van der Waals surface area contributed by atoms with E-state index in [-0.39, 0.29) is 22.8 Å². The average Bonchev–Trinajstić information content (AvgIpc) is 3.21. The Bertz CT molecular complexity index is 1190. The number of nitrogens with one attached hydrogen (secondary N) is 1. The number of carbonyl (C=O) groups is 1. The third-order valence-corrected chi connectivity index (χ3v) is 4.75. The summed E-state index contributed by atoms with van der Waals surface area (Å²) in [4.78, 5) is 33.9. The van der Waals surface area contributed by atoms with E-state index in [9.17, 15) is 25.0 Å². The molecule has 0 spiro atoms. The van der Waals surface area contributed by atoms with Crippen LogP contribution >= 0.6 is 0 Å². The van der Waals surface area contributed by atoms with E-state index in [4.69, 9.17) is 4.74 Å². The molecule has 32 heavy (non-hydrogen) atoms. The number of nitrogens with zero attached hydrogens (tertiary/aromatic N) is 4. The molecule has 1 heterocycles. The Morgan fingerprint density at radius 2 is 1.84 bits per heavy atom. The number of aromatic nitrogens is 2. The van der Waals surface area contributed by atoms with E-state index in [1.54, 1.807) is 6.92 Å². The molecule has 3 aromatic rings. The Morgan fingerprint density at radius 1 is 1.12 bits per heavy atom. The molecule has 11 nitrogen and oxygen atoms in total. The molecule has 1 unspecified atom stereocenters. The number of non-ortho nitro benzene ring substituents is 1. The summed E-state index contributed by atoms with van der Waals surface area (Å²) in [5.41, 5.74) is 1.47. The van der Waals surface area contributed by atoms with Gasteiger partial charge in [0.15, 0.2) is 0 Å². The van der Waals surface area contributed by atoms with Gasteiger partial charge in [0.25, 0.3) is 5.69 Å². The second-order valence-corrected chi connectivity index (χ2v) is 7.19. The molecular weight excluding hydrogens is 418 g/mol. The van der Waals surface area contributed by atoms with E-state index >= 15 is 0 Å². The summed E-state index contributed by atoms with van der Waals surface area (Å²) in [5, 5.41) is 28.8. The van der Waals surface area contributed by atoms with E-state index < -0.39 is 21.8 Å². The van der Waals surface area contributed by atoms with Gasteiger partial charge in [0.2, 0.25) is 5.91 Å². The number of nitro groups is 2. The molecule has 166 valence electrons. The molecule has 0 bridgehead atoms. The average molecular weight is 439 g/mol. The van der Waals surface area contributed by atoms with Crippen LogP contribution < -0.4 is 10.1 Å². The van der Waals surface area contributed by atoms with E-state index in [1.165, 1.54) is 22.9 Å². The number of hydrogen-bond donors (Lipinski definition) is 1. The Kier molecular flexibility index (Phi) is 6.47. The minimum atomic E-state index is -0.841. The molecule has 1 atom stereocenters. The van der Waals surface area contributed by atoms with Crippen LogP contribution in [0.15, 0.2) is 48.8 Å². The number of ether oxygens (including phenoxy) is 1. The summed E-state index contributed by atoms with van der Waals surface area (Å²) in [6.45, 7) is 5.47. The lowest BCUT2D eigenvalue weighted by molar-refractivity contribution is -0.385. The fraction of sp³-hybridized carbons (Fsp3) is 0.238. The summed E-state index contributed by atoms with van der Waals surface area (Å²) in [6, 6.07) is 8.73. The molecule has 3 rings (SSSR count).